The van der Waals surface area contributed by atoms with E-state index in [9.17, 15) is 0 Å². The molecule has 1 rings (SSSR count). The Morgan fingerprint density at radius 3 is 2.71 bits per heavy atom. The summed E-state index contributed by atoms with van der Waals surface area (Å²) in [4.78, 5) is 3.71. The second-order valence-corrected chi connectivity index (χ2v) is 5.66. The highest BCUT2D eigenvalue weighted by Crippen LogP contribution is 2.20. The van der Waals surface area contributed by atoms with E-state index in [1.54, 1.807) is 11.3 Å². The van der Waals surface area contributed by atoms with Gasteiger partial charge in [-0.3, -0.25) is 4.90 Å². The van der Waals surface area contributed by atoms with E-state index < -0.39 is 0 Å². The van der Waals surface area contributed by atoms with Crippen LogP contribution in [0.3, 0.4) is 0 Å². The zero-order chi connectivity index (χ0) is 12.8. The van der Waals surface area contributed by atoms with Gasteiger partial charge in [0.25, 0.3) is 0 Å². The van der Waals surface area contributed by atoms with Gasteiger partial charge in [0, 0.05) is 23.0 Å². The fourth-order valence-electron chi connectivity index (χ4n) is 1.60. The van der Waals surface area contributed by atoms with Gasteiger partial charge in [-0.2, -0.15) is 0 Å². The number of nitrogens with zero attached hydrogens (tertiary/aromatic N) is 1. The van der Waals surface area contributed by atoms with Gasteiger partial charge in [0.05, 0.1) is 6.54 Å². The van der Waals surface area contributed by atoms with E-state index in [2.05, 4.69) is 56.0 Å². The van der Waals surface area contributed by atoms with E-state index in [1.165, 1.54) is 4.88 Å². The second kappa shape index (κ2) is 6.80. The molecule has 1 aromatic heterocycles. The Morgan fingerprint density at radius 1 is 1.41 bits per heavy atom. The van der Waals surface area contributed by atoms with Crippen molar-refractivity contribution >= 4 is 11.3 Å². The number of thiophene rings is 1. The topological polar surface area (TPSA) is 29.3 Å². The molecule has 1 heterocycles. The van der Waals surface area contributed by atoms with Crippen molar-refractivity contribution in [2.75, 3.05) is 13.6 Å². The van der Waals surface area contributed by atoms with Gasteiger partial charge in [0.2, 0.25) is 0 Å². The lowest BCUT2D eigenvalue weighted by atomic mass is 10.1. The first-order valence-corrected chi connectivity index (χ1v) is 6.89. The molecule has 3 heteroatoms. The summed E-state index contributed by atoms with van der Waals surface area (Å²) in [6, 6.07) is 2.66. The molecule has 0 aliphatic heterocycles. The number of nitrogens with two attached hydrogens (primary N) is 1. The highest BCUT2D eigenvalue weighted by Gasteiger charge is 2.14. The van der Waals surface area contributed by atoms with Crippen LogP contribution in [0, 0.1) is 17.8 Å². The quantitative estimate of drug-likeness (QED) is 0.832. The predicted octanol–water partition coefficient (Wildman–Crippen LogP) is 2.53. The molecule has 0 bridgehead atoms. The van der Waals surface area contributed by atoms with Crippen LogP contribution in [0.4, 0.5) is 0 Å². The van der Waals surface area contributed by atoms with Gasteiger partial charge in [0.1, 0.15) is 0 Å². The minimum Gasteiger partial charge on any atom is -0.320 e. The third-order valence-electron chi connectivity index (χ3n) is 3.12. The molecule has 1 unspecified atom stereocenters. The van der Waals surface area contributed by atoms with Crippen LogP contribution < -0.4 is 5.73 Å². The molecular weight excluding hydrogens is 228 g/mol. The average Bonchev–Trinajstić information content (AvgIpc) is 2.72. The standard InChI is InChI=1S/C14H22N2S/c1-11(2)12(3)16(4)10-14-13(6-5-8-15)7-9-17-14/h7,9,11-12H,8,10,15H2,1-4H3. The monoisotopic (exact) mass is 250 g/mol. The van der Waals surface area contributed by atoms with Crippen LogP contribution in [0.15, 0.2) is 11.4 Å². The SMILES string of the molecule is CC(C)C(C)N(C)Cc1sccc1C#CCN. The minimum absolute atomic E-state index is 0.424. The van der Waals surface area contributed by atoms with Crippen LogP contribution in [0.5, 0.6) is 0 Å². The zero-order valence-electron chi connectivity index (χ0n) is 11.2. The highest BCUT2D eigenvalue weighted by atomic mass is 32.1. The zero-order valence-corrected chi connectivity index (χ0v) is 12.0. The fourth-order valence-corrected chi connectivity index (χ4v) is 2.49. The predicted molar refractivity (Wildman–Crippen MR) is 76.0 cm³/mol. The Labute approximate surface area is 109 Å². The van der Waals surface area contributed by atoms with E-state index >= 15 is 0 Å². The molecule has 1 aromatic rings. The number of rotatable bonds is 4. The van der Waals surface area contributed by atoms with Crippen molar-refractivity contribution in [2.24, 2.45) is 11.7 Å². The van der Waals surface area contributed by atoms with E-state index in [0.717, 1.165) is 12.1 Å². The summed E-state index contributed by atoms with van der Waals surface area (Å²) in [6.45, 7) is 8.16. The largest absolute Gasteiger partial charge is 0.320 e. The van der Waals surface area contributed by atoms with Crippen molar-refractivity contribution in [1.29, 1.82) is 0 Å². The smallest absolute Gasteiger partial charge is 0.0555 e. The lowest BCUT2D eigenvalue weighted by Crippen LogP contribution is -2.32. The number of hydrogen-bond acceptors (Lipinski definition) is 3. The molecule has 0 radical (unpaired) electrons. The summed E-state index contributed by atoms with van der Waals surface area (Å²) < 4.78 is 0. The highest BCUT2D eigenvalue weighted by molar-refractivity contribution is 7.10. The van der Waals surface area contributed by atoms with Crippen molar-refractivity contribution in [1.82, 2.24) is 4.90 Å². The van der Waals surface area contributed by atoms with E-state index in [4.69, 9.17) is 5.73 Å². The summed E-state index contributed by atoms with van der Waals surface area (Å²) in [6.07, 6.45) is 0. The molecule has 0 fully saturated rings. The third kappa shape index (κ3) is 4.16. The average molecular weight is 250 g/mol. The van der Waals surface area contributed by atoms with E-state index in [-0.39, 0.29) is 0 Å². The summed E-state index contributed by atoms with van der Waals surface area (Å²) in [5.74, 6) is 6.72. The summed E-state index contributed by atoms with van der Waals surface area (Å²) in [5.41, 5.74) is 6.53. The van der Waals surface area contributed by atoms with Crippen molar-refractivity contribution in [2.45, 2.75) is 33.4 Å². The summed E-state index contributed by atoms with van der Waals surface area (Å²) >= 11 is 1.77. The molecule has 2 nitrogen and oxygen atoms in total. The van der Waals surface area contributed by atoms with Crippen molar-refractivity contribution in [3.63, 3.8) is 0 Å². The van der Waals surface area contributed by atoms with Crippen LogP contribution >= 0.6 is 11.3 Å². The molecule has 0 saturated heterocycles. The molecule has 17 heavy (non-hydrogen) atoms. The Bertz CT molecular complexity index is 398. The van der Waals surface area contributed by atoms with Gasteiger partial charge in [-0.1, -0.05) is 25.7 Å². The van der Waals surface area contributed by atoms with Crippen LogP contribution in [0.1, 0.15) is 31.2 Å². The van der Waals surface area contributed by atoms with Gasteiger partial charge >= 0.3 is 0 Å². The van der Waals surface area contributed by atoms with Crippen LogP contribution in [-0.2, 0) is 6.54 Å². The molecule has 1 atom stereocenters. The Balaban J connectivity index is 2.71. The van der Waals surface area contributed by atoms with Crippen molar-refractivity contribution in [3.8, 4) is 11.8 Å². The van der Waals surface area contributed by atoms with Crippen LogP contribution in [-0.4, -0.2) is 24.5 Å². The molecule has 0 aliphatic carbocycles. The van der Waals surface area contributed by atoms with Gasteiger partial charge in [0.15, 0.2) is 0 Å². The maximum Gasteiger partial charge on any atom is 0.0555 e. The van der Waals surface area contributed by atoms with Gasteiger partial charge < -0.3 is 5.73 Å². The number of hydrogen-bond donors (Lipinski definition) is 1. The molecule has 0 saturated carbocycles. The lowest BCUT2D eigenvalue weighted by molar-refractivity contribution is 0.202. The first kappa shape index (κ1) is 14.2. The van der Waals surface area contributed by atoms with Crippen LogP contribution in [0.25, 0.3) is 0 Å². The first-order chi connectivity index (χ1) is 8.06. The van der Waals surface area contributed by atoms with E-state index in [0.29, 0.717) is 18.5 Å². The van der Waals surface area contributed by atoms with Crippen molar-refractivity contribution in [3.05, 3.63) is 21.9 Å². The molecule has 2 N–H and O–H groups in total. The molecular formula is C14H22N2S. The third-order valence-corrected chi connectivity index (χ3v) is 4.03. The normalized spacial score (nSPS) is 12.6. The van der Waals surface area contributed by atoms with Gasteiger partial charge in [-0.05, 0) is 31.3 Å². The Morgan fingerprint density at radius 2 is 2.12 bits per heavy atom. The van der Waals surface area contributed by atoms with E-state index in [1.807, 2.05) is 0 Å². The van der Waals surface area contributed by atoms with Gasteiger partial charge in [-0.25, -0.2) is 0 Å². The Hall–Kier alpha value is -0.820. The van der Waals surface area contributed by atoms with Gasteiger partial charge in [-0.15, -0.1) is 11.3 Å². The first-order valence-electron chi connectivity index (χ1n) is 6.01. The molecule has 94 valence electrons. The maximum absolute atomic E-state index is 5.40. The maximum atomic E-state index is 5.40. The Kier molecular flexibility index (Phi) is 5.70. The molecule has 0 spiro atoms. The molecule has 0 amide bonds. The lowest BCUT2D eigenvalue weighted by Gasteiger charge is -2.27. The minimum atomic E-state index is 0.424. The summed E-state index contributed by atoms with van der Waals surface area (Å²) in [7, 11) is 2.17. The van der Waals surface area contributed by atoms with Crippen LogP contribution in [0.2, 0.25) is 0 Å². The summed E-state index contributed by atoms with van der Waals surface area (Å²) in [5, 5.41) is 2.10. The fraction of sp³-hybridized carbons (Fsp3) is 0.571. The molecule has 0 aliphatic rings. The molecule has 0 aromatic carbocycles. The second-order valence-electron chi connectivity index (χ2n) is 4.66. The van der Waals surface area contributed by atoms with Crippen molar-refractivity contribution < 1.29 is 0 Å².